The molecule has 2 heteroatoms. The van der Waals surface area contributed by atoms with E-state index in [1.54, 1.807) is 0 Å². The Labute approximate surface area is 94.9 Å². The van der Waals surface area contributed by atoms with Crippen molar-refractivity contribution < 1.29 is 4.74 Å². The molecule has 0 amide bonds. The van der Waals surface area contributed by atoms with Gasteiger partial charge in [-0.1, -0.05) is 36.4 Å². The van der Waals surface area contributed by atoms with Crippen LogP contribution in [-0.2, 0) is 0 Å². The Hall–Kier alpha value is -1.96. The average Bonchev–Trinajstić information content (AvgIpc) is 2.39. The molecule has 0 spiro atoms. The minimum absolute atomic E-state index is 0.214. The van der Waals surface area contributed by atoms with Gasteiger partial charge in [-0.25, -0.2) is 0 Å². The van der Waals surface area contributed by atoms with Gasteiger partial charge in [0.25, 0.3) is 0 Å². The summed E-state index contributed by atoms with van der Waals surface area (Å²) < 4.78 is 5.72. The highest BCUT2D eigenvalue weighted by molar-refractivity contribution is 5.62. The topological polar surface area (TPSA) is 21.3 Å². The molecule has 0 bridgehead atoms. The van der Waals surface area contributed by atoms with Gasteiger partial charge in [-0.2, -0.15) is 0 Å². The fraction of sp³-hybridized carbons (Fsp3) is 0.143. The lowest BCUT2D eigenvalue weighted by Gasteiger charge is -2.22. The van der Waals surface area contributed by atoms with Crippen LogP contribution in [0.4, 0.5) is 0 Å². The van der Waals surface area contributed by atoms with Gasteiger partial charge in [0.15, 0.2) is 0 Å². The van der Waals surface area contributed by atoms with Crippen molar-refractivity contribution in [2.45, 2.75) is 6.04 Å². The molecule has 2 nitrogen and oxygen atoms in total. The lowest BCUT2D eigenvalue weighted by atomic mass is 9.99. The Balaban J connectivity index is 2.04. The standard InChI is InChI=1S/C14H13NO/c1-2-9-15-13(8-1)12-7-3-5-11-6-4-10-16-14(11)12/h1-9,13,15H,10H2. The summed E-state index contributed by atoms with van der Waals surface area (Å²) in [5.74, 6) is 1.00. The number of dihydropyridines is 1. The first kappa shape index (κ1) is 9.28. The molecule has 2 aliphatic rings. The summed E-state index contributed by atoms with van der Waals surface area (Å²) in [6, 6.07) is 6.48. The zero-order chi connectivity index (χ0) is 10.8. The van der Waals surface area contributed by atoms with Crippen LogP contribution in [0.15, 0.2) is 48.7 Å². The molecule has 0 radical (unpaired) electrons. The Kier molecular flexibility index (Phi) is 2.26. The molecule has 2 aliphatic heterocycles. The zero-order valence-corrected chi connectivity index (χ0v) is 8.89. The predicted molar refractivity (Wildman–Crippen MR) is 65.1 cm³/mol. The highest BCUT2D eigenvalue weighted by atomic mass is 16.5. The highest BCUT2D eigenvalue weighted by Gasteiger charge is 2.16. The number of ether oxygens (including phenoxy) is 1. The van der Waals surface area contributed by atoms with Crippen molar-refractivity contribution in [3.8, 4) is 5.75 Å². The van der Waals surface area contributed by atoms with Crippen molar-refractivity contribution in [3.05, 3.63) is 59.8 Å². The van der Waals surface area contributed by atoms with E-state index in [1.807, 2.05) is 18.4 Å². The third-order valence-electron chi connectivity index (χ3n) is 2.82. The quantitative estimate of drug-likeness (QED) is 0.771. The van der Waals surface area contributed by atoms with Gasteiger partial charge in [-0.05, 0) is 18.4 Å². The van der Waals surface area contributed by atoms with E-state index >= 15 is 0 Å². The molecule has 1 aromatic carbocycles. The number of allylic oxidation sites excluding steroid dienone is 2. The van der Waals surface area contributed by atoms with Gasteiger partial charge in [0, 0.05) is 11.1 Å². The van der Waals surface area contributed by atoms with Crippen LogP contribution in [0, 0.1) is 0 Å². The third-order valence-corrected chi connectivity index (χ3v) is 2.82. The van der Waals surface area contributed by atoms with Gasteiger partial charge in [-0.3, -0.25) is 0 Å². The summed E-state index contributed by atoms with van der Waals surface area (Å²) >= 11 is 0. The van der Waals surface area contributed by atoms with Gasteiger partial charge >= 0.3 is 0 Å². The molecule has 2 heterocycles. The van der Waals surface area contributed by atoms with E-state index in [0.29, 0.717) is 6.61 Å². The SMILES string of the molecule is C1=CNC(c2cccc3c2OCC=C3)C=C1. The first-order valence-electron chi connectivity index (χ1n) is 5.47. The molecule has 16 heavy (non-hydrogen) atoms. The summed E-state index contributed by atoms with van der Waals surface area (Å²) in [6.45, 7) is 0.663. The minimum atomic E-state index is 0.214. The fourth-order valence-electron chi connectivity index (χ4n) is 2.06. The maximum Gasteiger partial charge on any atom is 0.132 e. The summed E-state index contributed by atoms with van der Waals surface area (Å²) in [5.41, 5.74) is 2.36. The van der Waals surface area contributed by atoms with E-state index in [1.165, 1.54) is 5.56 Å². The fourth-order valence-corrected chi connectivity index (χ4v) is 2.06. The van der Waals surface area contributed by atoms with E-state index in [9.17, 15) is 0 Å². The van der Waals surface area contributed by atoms with Crippen molar-refractivity contribution in [1.82, 2.24) is 5.32 Å². The van der Waals surface area contributed by atoms with E-state index < -0.39 is 0 Å². The summed E-state index contributed by atoms with van der Waals surface area (Å²) in [6.07, 6.45) is 12.3. The first-order chi connectivity index (χ1) is 7.95. The van der Waals surface area contributed by atoms with Crippen molar-refractivity contribution in [2.75, 3.05) is 6.61 Å². The maximum absolute atomic E-state index is 5.72. The number of rotatable bonds is 1. The van der Waals surface area contributed by atoms with Gasteiger partial charge in [-0.15, -0.1) is 0 Å². The van der Waals surface area contributed by atoms with Gasteiger partial charge in [0.1, 0.15) is 12.4 Å². The van der Waals surface area contributed by atoms with Crippen LogP contribution in [0.2, 0.25) is 0 Å². The first-order valence-corrected chi connectivity index (χ1v) is 5.47. The summed E-state index contributed by atoms with van der Waals surface area (Å²) in [4.78, 5) is 0. The smallest absolute Gasteiger partial charge is 0.132 e. The van der Waals surface area contributed by atoms with Crippen LogP contribution in [0.3, 0.4) is 0 Å². The van der Waals surface area contributed by atoms with Gasteiger partial charge in [0.05, 0.1) is 6.04 Å². The molecule has 0 aromatic heterocycles. The lowest BCUT2D eigenvalue weighted by Crippen LogP contribution is -2.17. The molecular weight excluding hydrogens is 198 g/mol. The van der Waals surface area contributed by atoms with E-state index in [-0.39, 0.29) is 6.04 Å². The van der Waals surface area contributed by atoms with Crippen molar-refractivity contribution in [1.29, 1.82) is 0 Å². The third kappa shape index (κ3) is 1.52. The van der Waals surface area contributed by atoms with E-state index in [2.05, 4.69) is 41.7 Å². The second kappa shape index (κ2) is 3.89. The number of benzene rings is 1. The highest BCUT2D eigenvalue weighted by Crippen LogP contribution is 2.33. The molecule has 0 saturated heterocycles. The Morgan fingerprint density at radius 1 is 1.25 bits per heavy atom. The summed E-state index contributed by atoms with van der Waals surface area (Å²) in [7, 11) is 0. The monoisotopic (exact) mass is 211 g/mol. The molecule has 3 rings (SSSR count). The number of fused-ring (bicyclic) bond motifs is 1. The molecular formula is C14H13NO. The lowest BCUT2D eigenvalue weighted by molar-refractivity contribution is 0.352. The van der Waals surface area contributed by atoms with Crippen molar-refractivity contribution in [3.63, 3.8) is 0 Å². The van der Waals surface area contributed by atoms with E-state index in [0.717, 1.165) is 11.3 Å². The number of para-hydroxylation sites is 1. The molecule has 1 atom stereocenters. The normalized spacial score (nSPS) is 21.1. The second-order valence-electron chi connectivity index (χ2n) is 3.87. The Bertz CT molecular complexity index is 486. The molecule has 1 aromatic rings. The molecule has 1 unspecified atom stereocenters. The molecule has 0 aliphatic carbocycles. The van der Waals surface area contributed by atoms with E-state index in [4.69, 9.17) is 4.74 Å². The van der Waals surface area contributed by atoms with Crippen molar-refractivity contribution >= 4 is 6.08 Å². The second-order valence-corrected chi connectivity index (χ2v) is 3.87. The van der Waals surface area contributed by atoms with Crippen LogP contribution in [0.5, 0.6) is 5.75 Å². The number of hydrogen-bond donors (Lipinski definition) is 1. The average molecular weight is 211 g/mol. The Morgan fingerprint density at radius 2 is 2.25 bits per heavy atom. The van der Waals surface area contributed by atoms with Crippen LogP contribution in [-0.4, -0.2) is 6.61 Å². The Morgan fingerprint density at radius 3 is 3.12 bits per heavy atom. The zero-order valence-electron chi connectivity index (χ0n) is 8.89. The van der Waals surface area contributed by atoms with Gasteiger partial charge < -0.3 is 10.1 Å². The largest absolute Gasteiger partial charge is 0.489 e. The molecule has 80 valence electrons. The number of hydrogen-bond acceptors (Lipinski definition) is 2. The molecule has 0 saturated carbocycles. The van der Waals surface area contributed by atoms with Crippen LogP contribution >= 0.6 is 0 Å². The van der Waals surface area contributed by atoms with Crippen LogP contribution < -0.4 is 10.1 Å². The summed E-state index contributed by atoms with van der Waals surface area (Å²) in [5, 5.41) is 3.31. The number of nitrogens with one attached hydrogen (secondary N) is 1. The van der Waals surface area contributed by atoms with Crippen molar-refractivity contribution in [2.24, 2.45) is 0 Å². The molecule has 1 N–H and O–H groups in total. The predicted octanol–water partition coefficient (Wildman–Crippen LogP) is 2.81. The van der Waals surface area contributed by atoms with Gasteiger partial charge in [0.2, 0.25) is 0 Å². The molecule has 0 fully saturated rings. The minimum Gasteiger partial charge on any atom is -0.489 e. The van der Waals surface area contributed by atoms with Crippen LogP contribution in [0.1, 0.15) is 17.2 Å². The van der Waals surface area contributed by atoms with Crippen LogP contribution in [0.25, 0.3) is 6.08 Å². The maximum atomic E-state index is 5.72.